The van der Waals surface area contributed by atoms with Crippen LogP contribution in [0.15, 0.2) is 0 Å². The van der Waals surface area contributed by atoms with E-state index in [0.717, 1.165) is 0 Å². The maximum Gasteiger partial charge on any atom is 0.414 e. The molecule has 0 saturated carbocycles. The molecule has 0 spiro atoms. The van der Waals surface area contributed by atoms with Crippen molar-refractivity contribution in [1.29, 1.82) is 0 Å². The van der Waals surface area contributed by atoms with Gasteiger partial charge in [-0.3, -0.25) is 4.79 Å². The zero-order valence-corrected chi connectivity index (χ0v) is 12.7. The minimum atomic E-state index is -1.82. The van der Waals surface area contributed by atoms with Gasteiger partial charge in [-0.05, 0) is 27.2 Å². The van der Waals surface area contributed by atoms with E-state index in [4.69, 9.17) is 36.0 Å². The zero-order valence-electron chi connectivity index (χ0n) is 12.7. The van der Waals surface area contributed by atoms with Crippen LogP contribution in [0.4, 0.5) is 4.79 Å². The average Bonchev–Trinajstić information content (AvgIpc) is 2.72. The van der Waals surface area contributed by atoms with Crippen molar-refractivity contribution in [2.45, 2.75) is 38.3 Å². The Labute approximate surface area is 127 Å². The van der Waals surface area contributed by atoms with Crippen LogP contribution in [0, 0.1) is 0 Å². The molecule has 10 nitrogen and oxygen atoms in total. The third-order valence-electron chi connectivity index (χ3n) is 2.63. The second-order valence-electron chi connectivity index (χ2n) is 5.78. The second kappa shape index (κ2) is 7.07. The number of aliphatic carboxylic acids is 2. The molecular weight excluding hydrogens is 298 g/mol. The number of hydrogen-bond acceptors (Lipinski definition) is 6. The summed E-state index contributed by atoms with van der Waals surface area (Å²) in [6, 6.07) is 0. The van der Waals surface area contributed by atoms with Crippen molar-refractivity contribution in [1.82, 2.24) is 4.90 Å². The van der Waals surface area contributed by atoms with Gasteiger partial charge in [-0.1, -0.05) is 0 Å². The molecule has 0 aromatic heterocycles. The van der Waals surface area contributed by atoms with Crippen LogP contribution in [0.25, 0.3) is 0 Å². The predicted octanol–water partition coefficient (Wildman–Crippen LogP) is -1.03. The normalized spacial score (nSPS) is 20.6. The number of ether oxygens (including phenoxy) is 1. The van der Waals surface area contributed by atoms with Gasteiger partial charge < -0.3 is 31.3 Å². The van der Waals surface area contributed by atoms with Crippen molar-refractivity contribution < 1.29 is 34.1 Å². The van der Waals surface area contributed by atoms with E-state index in [1.54, 1.807) is 20.8 Å². The Bertz CT molecular complexity index is 460. The standard InChI is InChI=1S/C10H19N3O3.C2H2O4/c1-9(2,3)16-8(15)13-5-4-10(12,6-13)7(11)14;3-1(4)2(5)6/h4-6,12H2,1-3H3,(H2,11,14);(H,3,4)(H,5,6). The van der Waals surface area contributed by atoms with Crippen molar-refractivity contribution in [3.8, 4) is 0 Å². The summed E-state index contributed by atoms with van der Waals surface area (Å²) >= 11 is 0. The fourth-order valence-corrected chi connectivity index (χ4v) is 1.52. The lowest BCUT2D eigenvalue weighted by atomic mass is 10.00. The number of rotatable bonds is 1. The number of primary amides is 1. The van der Waals surface area contributed by atoms with Crippen LogP contribution in [-0.4, -0.2) is 63.3 Å². The summed E-state index contributed by atoms with van der Waals surface area (Å²) in [6.07, 6.45) is -0.0808. The molecule has 1 heterocycles. The number of carboxylic acid groups (broad SMARTS) is 2. The summed E-state index contributed by atoms with van der Waals surface area (Å²) in [4.78, 5) is 42.4. The molecule has 0 radical (unpaired) electrons. The lowest BCUT2D eigenvalue weighted by Crippen LogP contribution is -2.54. The van der Waals surface area contributed by atoms with Gasteiger partial charge >= 0.3 is 18.0 Å². The van der Waals surface area contributed by atoms with Crippen LogP contribution in [0.2, 0.25) is 0 Å². The number of nitrogens with two attached hydrogens (primary N) is 2. The molecule has 0 bridgehead atoms. The Morgan fingerprint density at radius 3 is 1.86 bits per heavy atom. The first-order valence-corrected chi connectivity index (χ1v) is 6.31. The highest BCUT2D eigenvalue weighted by atomic mass is 16.6. The first kappa shape index (κ1) is 19.6. The number of hydrogen-bond donors (Lipinski definition) is 4. The van der Waals surface area contributed by atoms with Gasteiger partial charge in [0.2, 0.25) is 5.91 Å². The quantitative estimate of drug-likeness (QED) is 0.443. The van der Waals surface area contributed by atoms with Gasteiger partial charge in [-0.15, -0.1) is 0 Å². The lowest BCUT2D eigenvalue weighted by molar-refractivity contribution is -0.159. The van der Waals surface area contributed by atoms with E-state index in [-0.39, 0.29) is 6.54 Å². The van der Waals surface area contributed by atoms with Gasteiger partial charge in [-0.25, -0.2) is 14.4 Å². The van der Waals surface area contributed by atoms with Gasteiger partial charge in [-0.2, -0.15) is 0 Å². The summed E-state index contributed by atoms with van der Waals surface area (Å²) in [6.45, 7) is 5.87. The van der Waals surface area contributed by atoms with Gasteiger partial charge in [0, 0.05) is 6.54 Å². The molecule has 126 valence electrons. The van der Waals surface area contributed by atoms with Crippen LogP contribution in [0.3, 0.4) is 0 Å². The van der Waals surface area contributed by atoms with Gasteiger partial charge in [0.25, 0.3) is 0 Å². The molecule has 2 amide bonds. The zero-order chi connectivity index (χ0) is 17.7. The first-order chi connectivity index (χ1) is 9.78. The largest absolute Gasteiger partial charge is 0.473 e. The molecule has 0 aromatic carbocycles. The molecule has 0 aromatic rings. The van der Waals surface area contributed by atoms with Crippen LogP contribution in [0.1, 0.15) is 27.2 Å². The summed E-state index contributed by atoms with van der Waals surface area (Å²) < 4.78 is 5.17. The van der Waals surface area contributed by atoms with Crippen LogP contribution in [0.5, 0.6) is 0 Å². The summed E-state index contributed by atoms with van der Waals surface area (Å²) in [5, 5.41) is 14.8. The number of amides is 2. The van der Waals surface area contributed by atoms with Crippen molar-refractivity contribution >= 4 is 23.9 Å². The number of carboxylic acids is 2. The Morgan fingerprint density at radius 1 is 1.14 bits per heavy atom. The molecule has 1 atom stereocenters. The van der Waals surface area contributed by atoms with E-state index in [2.05, 4.69) is 0 Å². The lowest BCUT2D eigenvalue weighted by Gasteiger charge is -2.25. The molecule has 1 rings (SSSR count). The monoisotopic (exact) mass is 319 g/mol. The maximum absolute atomic E-state index is 11.7. The van der Waals surface area contributed by atoms with E-state index >= 15 is 0 Å². The molecule has 1 aliphatic rings. The van der Waals surface area contributed by atoms with E-state index < -0.39 is 35.1 Å². The maximum atomic E-state index is 11.7. The Hall–Kier alpha value is -2.36. The minimum absolute atomic E-state index is 0.122. The second-order valence-corrected chi connectivity index (χ2v) is 5.78. The van der Waals surface area contributed by atoms with Gasteiger partial charge in [0.15, 0.2) is 0 Å². The van der Waals surface area contributed by atoms with E-state index in [9.17, 15) is 9.59 Å². The number of carbonyl (C=O) groups excluding carboxylic acids is 2. The molecule has 6 N–H and O–H groups in total. The van der Waals surface area contributed by atoms with E-state index in [0.29, 0.717) is 13.0 Å². The third kappa shape index (κ3) is 6.39. The third-order valence-corrected chi connectivity index (χ3v) is 2.63. The van der Waals surface area contributed by atoms with Gasteiger partial charge in [0.05, 0.1) is 6.54 Å². The van der Waals surface area contributed by atoms with Crippen LogP contribution >= 0.6 is 0 Å². The molecule has 22 heavy (non-hydrogen) atoms. The van der Waals surface area contributed by atoms with Gasteiger partial charge in [0.1, 0.15) is 11.1 Å². The van der Waals surface area contributed by atoms with Crippen LogP contribution < -0.4 is 11.5 Å². The van der Waals surface area contributed by atoms with Crippen molar-refractivity contribution in [2.24, 2.45) is 11.5 Å². The fourth-order valence-electron chi connectivity index (χ4n) is 1.52. The number of carbonyl (C=O) groups is 4. The highest BCUT2D eigenvalue weighted by molar-refractivity contribution is 6.27. The fraction of sp³-hybridized carbons (Fsp3) is 0.667. The molecule has 1 unspecified atom stereocenters. The summed E-state index contributed by atoms with van der Waals surface area (Å²) in [5.74, 6) is -4.23. The highest BCUT2D eigenvalue weighted by Crippen LogP contribution is 2.20. The molecular formula is C12H21N3O7. The minimum Gasteiger partial charge on any atom is -0.473 e. The SMILES string of the molecule is CC(C)(C)OC(=O)N1CCC(N)(C(N)=O)C1.O=C(O)C(=O)O. The Morgan fingerprint density at radius 2 is 1.59 bits per heavy atom. The predicted molar refractivity (Wildman–Crippen MR) is 73.8 cm³/mol. The summed E-state index contributed by atoms with van der Waals surface area (Å²) in [7, 11) is 0. The number of likely N-dealkylation sites (tertiary alicyclic amines) is 1. The Kier molecular flexibility index (Phi) is 6.31. The average molecular weight is 319 g/mol. The van der Waals surface area contributed by atoms with Crippen molar-refractivity contribution in [3.63, 3.8) is 0 Å². The molecule has 1 saturated heterocycles. The molecule has 1 fully saturated rings. The molecule has 10 heteroatoms. The highest BCUT2D eigenvalue weighted by Gasteiger charge is 2.42. The number of nitrogens with zero attached hydrogens (tertiary/aromatic N) is 1. The Balaban J connectivity index is 0.000000626. The van der Waals surface area contributed by atoms with Crippen LogP contribution in [-0.2, 0) is 19.1 Å². The molecule has 1 aliphatic heterocycles. The summed E-state index contributed by atoms with van der Waals surface area (Å²) in [5.41, 5.74) is 9.28. The van der Waals surface area contributed by atoms with E-state index in [1.807, 2.05) is 0 Å². The van der Waals surface area contributed by atoms with E-state index in [1.165, 1.54) is 4.90 Å². The molecule has 0 aliphatic carbocycles. The first-order valence-electron chi connectivity index (χ1n) is 6.31. The van der Waals surface area contributed by atoms with Crippen molar-refractivity contribution in [3.05, 3.63) is 0 Å². The van der Waals surface area contributed by atoms with Crippen molar-refractivity contribution in [2.75, 3.05) is 13.1 Å². The smallest absolute Gasteiger partial charge is 0.414 e. The topological polar surface area (TPSA) is 173 Å².